The van der Waals surface area contributed by atoms with Crippen molar-refractivity contribution in [1.82, 2.24) is 4.72 Å². The van der Waals surface area contributed by atoms with Gasteiger partial charge in [0.15, 0.2) is 0 Å². The Bertz CT molecular complexity index is 410. The van der Waals surface area contributed by atoms with Gasteiger partial charge in [0, 0.05) is 11.3 Å². The molecule has 3 nitrogen and oxygen atoms in total. The van der Waals surface area contributed by atoms with Crippen LogP contribution in [0, 0.1) is 11.3 Å². The Balaban J connectivity index is 2.63. The second-order valence-corrected chi connectivity index (χ2v) is 7.45. The lowest BCUT2D eigenvalue weighted by Crippen LogP contribution is -2.32. The molecule has 0 fully saturated rings. The number of rotatable bonds is 2. The molecule has 0 saturated heterocycles. The number of hydrogen-bond acceptors (Lipinski definition) is 2. The largest absolute Gasteiger partial charge is 0.309 e. The molecule has 0 saturated carbocycles. The van der Waals surface area contributed by atoms with Gasteiger partial charge >= 0.3 is 0 Å². The molecule has 0 aliphatic heterocycles. The second kappa shape index (κ2) is 6.75. The molecule has 0 aromatic heterocycles. The first-order valence-electron chi connectivity index (χ1n) is 6.40. The van der Waals surface area contributed by atoms with Crippen molar-refractivity contribution >= 4 is 11.0 Å². The van der Waals surface area contributed by atoms with Gasteiger partial charge in [0.1, 0.15) is 11.0 Å². The van der Waals surface area contributed by atoms with Crippen molar-refractivity contribution in [2.24, 2.45) is 0 Å². The zero-order valence-electron chi connectivity index (χ0n) is 11.5. The van der Waals surface area contributed by atoms with Crippen molar-refractivity contribution in [1.29, 1.82) is 5.26 Å². The zero-order valence-corrected chi connectivity index (χ0v) is 12.3. The van der Waals surface area contributed by atoms with Crippen LogP contribution in [-0.4, -0.2) is 8.96 Å². The molecule has 1 unspecified atom stereocenters. The normalized spacial score (nSPS) is 25.2. The third-order valence-electron chi connectivity index (χ3n) is 2.77. The number of allylic oxidation sites excluding steroid dienone is 4. The highest BCUT2D eigenvalue weighted by molar-refractivity contribution is 7.84. The van der Waals surface area contributed by atoms with Gasteiger partial charge in [-0.3, -0.25) is 0 Å². The molecule has 1 atom stereocenters. The highest BCUT2D eigenvalue weighted by atomic mass is 32.2. The summed E-state index contributed by atoms with van der Waals surface area (Å²) < 4.78 is 14.9. The fourth-order valence-corrected chi connectivity index (χ4v) is 2.37. The van der Waals surface area contributed by atoms with Crippen LogP contribution in [0.3, 0.4) is 0 Å². The molecule has 0 aromatic rings. The SMILES string of the molecule is CC(C)(C)S(=O)N/C1=C/CC/C(C#N)=C\CCC1. The van der Waals surface area contributed by atoms with E-state index in [-0.39, 0.29) is 4.75 Å². The van der Waals surface area contributed by atoms with Crippen molar-refractivity contribution in [3.05, 3.63) is 23.4 Å². The van der Waals surface area contributed by atoms with Crippen LogP contribution in [0.5, 0.6) is 0 Å². The van der Waals surface area contributed by atoms with Gasteiger partial charge in [-0.25, -0.2) is 4.21 Å². The number of nitrogens with zero attached hydrogens (tertiary/aromatic N) is 1. The molecule has 0 amide bonds. The average molecular weight is 266 g/mol. The Morgan fingerprint density at radius 1 is 1.28 bits per heavy atom. The molecule has 1 rings (SSSR count). The summed E-state index contributed by atoms with van der Waals surface area (Å²) in [5.74, 6) is 0. The lowest BCUT2D eigenvalue weighted by Gasteiger charge is -2.20. The summed E-state index contributed by atoms with van der Waals surface area (Å²) in [4.78, 5) is 0. The van der Waals surface area contributed by atoms with Crippen LogP contribution in [0.1, 0.15) is 52.9 Å². The van der Waals surface area contributed by atoms with Crippen LogP contribution < -0.4 is 4.72 Å². The Morgan fingerprint density at radius 3 is 2.61 bits per heavy atom. The van der Waals surface area contributed by atoms with Crippen molar-refractivity contribution in [3.8, 4) is 6.07 Å². The number of hydrogen-bond donors (Lipinski definition) is 1. The maximum Gasteiger partial charge on any atom is 0.122 e. The Kier molecular flexibility index (Phi) is 5.61. The van der Waals surface area contributed by atoms with Gasteiger partial charge in [0.05, 0.1) is 10.8 Å². The molecule has 1 aliphatic carbocycles. The van der Waals surface area contributed by atoms with Crippen LogP contribution in [0.4, 0.5) is 0 Å². The Labute approximate surface area is 113 Å². The smallest absolute Gasteiger partial charge is 0.122 e. The van der Waals surface area contributed by atoms with Crippen LogP contribution in [0.25, 0.3) is 0 Å². The lowest BCUT2D eigenvalue weighted by atomic mass is 10.1. The number of nitrogens with one attached hydrogen (secondary N) is 1. The topological polar surface area (TPSA) is 52.9 Å². The molecule has 4 heteroatoms. The molecule has 1 N–H and O–H groups in total. The first-order valence-corrected chi connectivity index (χ1v) is 7.55. The molecule has 0 heterocycles. The van der Waals surface area contributed by atoms with Gasteiger partial charge in [-0.1, -0.05) is 12.2 Å². The Hall–Kier alpha value is -1.08. The third kappa shape index (κ3) is 5.05. The van der Waals surface area contributed by atoms with Gasteiger partial charge < -0.3 is 4.72 Å². The highest BCUT2D eigenvalue weighted by Crippen LogP contribution is 2.17. The van der Waals surface area contributed by atoms with E-state index < -0.39 is 11.0 Å². The average Bonchev–Trinajstić information content (AvgIpc) is 2.40. The minimum absolute atomic E-state index is 0.255. The van der Waals surface area contributed by atoms with Crippen molar-refractivity contribution < 1.29 is 4.21 Å². The van der Waals surface area contributed by atoms with Crippen molar-refractivity contribution in [2.75, 3.05) is 0 Å². The molecule has 0 bridgehead atoms. The molecule has 0 aromatic carbocycles. The van der Waals surface area contributed by atoms with E-state index in [0.717, 1.165) is 43.4 Å². The zero-order chi connectivity index (χ0) is 13.6. The molecule has 0 radical (unpaired) electrons. The van der Waals surface area contributed by atoms with Crippen LogP contribution in [-0.2, 0) is 11.0 Å². The molecule has 100 valence electrons. The molecule has 18 heavy (non-hydrogen) atoms. The summed E-state index contributed by atoms with van der Waals surface area (Å²) in [7, 11) is -1.06. The van der Waals surface area contributed by atoms with Gasteiger partial charge in [0.2, 0.25) is 0 Å². The van der Waals surface area contributed by atoms with E-state index in [4.69, 9.17) is 5.26 Å². The highest BCUT2D eigenvalue weighted by Gasteiger charge is 2.20. The van der Waals surface area contributed by atoms with Crippen LogP contribution in [0.15, 0.2) is 23.4 Å². The van der Waals surface area contributed by atoms with Crippen LogP contribution in [0.2, 0.25) is 0 Å². The van der Waals surface area contributed by atoms with Crippen molar-refractivity contribution in [3.63, 3.8) is 0 Å². The maximum atomic E-state index is 12.0. The maximum absolute atomic E-state index is 12.0. The predicted octanol–water partition coefficient (Wildman–Crippen LogP) is 3.34. The van der Waals surface area contributed by atoms with E-state index in [2.05, 4.69) is 16.9 Å². The number of nitriles is 1. The van der Waals surface area contributed by atoms with E-state index in [1.165, 1.54) is 0 Å². The first-order chi connectivity index (χ1) is 8.43. The van der Waals surface area contributed by atoms with E-state index in [0.29, 0.717) is 0 Å². The molecular weight excluding hydrogens is 244 g/mol. The van der Waals surface area contributed by atoms with Gasteiger partial charge in [-0.2, -0.15) is 5.26 Å². The van der Waals surface area contributed by atoms with Gasteiger partial charge in [-0.05, 0) is 52.9 Å². The van der Waals surface area contributed by atoms with E-state index >= 15 is 0 Å². The summed E-state index contributed by atoms with van der Waals surface area (Å²) in [5.41, 5.74) is 1.92. The first kappa shape index (κ1) is 15.0. The quantitative estimate of drug-likeness (QED) is 0.833. The predicted molar refractivity (Wildman–Crippen MR) is 75.9 cm³/mol. The summed E-state index contributed by atoms with van der Waals surface area (Å²) >= 11 is 0. The van der Waals surface area contributed by atoms with E-state index in [9.17, 15) is 4.21 Å². The summed E-state index contributed by atoms with van der Waals surface area (Å²) in [6.07, 6.45) is 8.54. The third-order valence-corrected chi connectivity index (χ3v) is 4.33. The molecule has 1 aliphatic rings. The summed E-state index contributed by atoms with van der Waals surface area (Å²) in [5, 5.41) is 8.91. The lowest BCUT2D eigenvalue weighted by molar-refractivity contribution is 0.639. The minimum atomic E-state index is -1.06. The molecule has 0 spiro atoms. The Morgan fingerprint density at radius 2 is 2.00 bits per heavy atom. The second-order valence-electron chi connectivity index (χ2n) is 5.48. The van der Waals surface area contributed by atoms with E-state index in [1.807, 2.05) is 26.8 Å². The molecular formula is C14H22N2OS. The standard InChI is InChI=1S/C14H22N2OS/c1-14(2,3)18(17)16-13-9-5-4-7-12(11-15)8-6-10-13/h7,10,16H,4-6,8-9H2,1-3H3/b12-7+,13-10+. The van der Waals surface area contributed by atoms with Crippen molar-refractivity contribution in [2.45, 2.75) is 57.6 Å². The van der Waals surface area contributed by atoms with E-state index in [1.54, 1.807) is 0 Å². The monoisotopic (exact) mass is 266 g/mol. The fraction of sp³-hybridized carbons (Fsp3) is 0.643. The van der Waals surface area contributed by atoms with Crippen LogP contribution >= 0.6 is 0 Å². The van der Waals surface area contributed by atoms with Gasteiger partial charge in [-0.15, -0.1) is 0 Å². The summed E-state index contributed by atoms with van der Waals surface area (Å²) in [6, 6.07) is 2.23. The summed E-state index contributed by atoms with van der Waals surface area (Å²) in [6.45, 7) is 5.88. The minimum Gasteiger partial charge on any atom is -0.309 e. The fourth-order valence-electron chi connectivity index (χ4n) is 1.64. The van der Waals surface area contributed by atoms with Gasteiger partial charge in [0.25, 0.3) is 0 Å².